The van der Waals surface area contributed by atoms with Crippen molar-refractivity contribution in [2.24, 2.45) is 0 Å². The Hall–Kier alpha value is -2.70. The van der Waals surface area contributed by atoms with Gasteiger partial charge < -0.3 is 14.8 Å². The number of carbonyl (C=O) groups is 2. The quantitative estimate of drug-likeness (QED) is 0.822. The van der Waals surface area contributed by atoms with Crippen LogP contribution in [-0.2, 0) is 16.0 Å². The van der Waals surface area contributed by atoms with Crippen LogP contribution >= 0.6 is 0 Å². The monoisotopic (exact) mass is 368 g/mol. The number of amides is 1. The Morgan fingerprint density at radius 2 is 1.89 bits per heavy atom. The number of anilines is 1. The highest BCUT2D eigenvalue weighted by atomic mass is 16.5. The van der Waals surface area contributed by atoms with Crippen molar-refractivity contribution in [1.29, 1.82) is 0 Å². The predicted octanol–water partition coefficient (Wildman–Crippen LogP) is 2.87. The van der Waals surface area contributed by atoms with E-state index in [1.165, 1.54) is 7.11 Å². The molecule has 1 amide bonds. The molecular weight excluding hydrogens is 344 g/mol. The second-order valence-corrected chi connectivity index (χ2v) is 6.56. The number of nitrogens with zero attached hydrogens (tertiary/aromatic N) is 1. The van der Waals surface area contributed by atoms with Gasteiger partial charge in [-0.2, -0.15) is 0 Å². The van der Waals surface area contributed by atoms with E-state index in [1.54, 1.807) is 24.3 Å². The van der Waals surface area contributed by atoms with Gasteiger partial charge in [-0.1, -0.05) is 18.2 Å². The van der Waals surface area contributed by atoms with E-state index in [9.17, 15) is 9.59 Å². The standard InChI is InChI=1S/C21H24N2O4/c1-15-6-7-18(21(25)26-2)13-19(15)22-20(24)17-5-3-4-16(12-17)14-23-8-10-27-11-9-23/h3-7,12-13H,8-11,14H2,1-2H3,(H,22,24). The molecule has 0 aliphatic carbocycles. The summed E-state index contributed by atoms with van der Waals surface area (Å²) < 4.78 is 10.1. The number of esters is 1. The third-order valence-corrected chi connectivity index (χ3v) is 4.61. The van der Waals surface area contributed by atoms with Crippen LogP contribution < -0.4 is 5.32 Å². The number of hydrogen-bond acceptors (Lipinski definition) is 5. The van der Waals surface area contributed by atoms with E-state index in [0.717, 1.165) is 44.0 Å². The molecule has 0 spiro atoms. The summed E-state index contributed by atoms with van der Waals surface area (Å²) in [6.07, 6.45) is 0. The van der Waals surface area contributed by atoms with E-state index in [-0.39, 0.29) is 5.91 Å². The van der Waals surface area contributed by atoms with Crippen LogP contribution in [0.4, 0.5) is 5.69 Å². The van der Waals surface area contributed by atoms with Crippen LogP contribution in [0.2, 0.25) is 0 Å². The van der Waals surface area contributed by atoms with Crippen LogP contribution in [0.5, 0.6) is 0 Å². The summed E-state index contributed by atoms with van der Waals surface area (Å²) in [7, 11) is 1.33. The molecule has 1 saturated heterocycles. The predicted molar refractivity (Wildman–Crippen MR) is 103 cm³/mol. The molecule has 0 unspecified atom stereocenters. The molecule has 0 bridgehead atoms. The third kappa shape index (κ3) is 4.93. The lowest BCUT2D eigenvalue weighted by Crippen LogP contribution is -2.35. The molecule has 0 saturated carbocycles. The number of methoxy groups -OCH3 is 1. The molecule has 2 aromatic carbocycles. The van der Waals surface area contributed by atoms with Gasteiger partial charge in [0.1, 0.15) is 0 Å². The highest BCUT2D eigenvalue weighted by Crippen LogP contribution is 2.19. The minimum atomic E-state index is -0.432. The number of rotatable bonds is 5. The number of morpholine rings is 1. The van der Waals surface area contributed by atoms with Crippen LogP contribution in [-0.4, -0.2) is 50.2 Å². The molecule has 6 nitrogen and oxygen atoms in total. The van der Waals surface area contributed by atoms with Gasteiger partial charge >= 0.3 is 5.97 Å². The van der Waals surface area contributed by atoms with E-state index < -0.39 is 5.97 Å². The normalized spacial score (nSPS) is 14.6. The van der Waals surface area contributed by atoms with Crippen molar-refractivity contribution in [2.45, 2.75) is 13.5 Å². The van der Waals surface area contributed by atoms with Crippen molar-refractivity contribution < 1.29 is 19.1 Å². The molecule has 1 heterocycles. The molecule has 0 aromatic heterocycles. The molecule has 3 rings (SSSR count). The third-order valence-electron chi connectivity index (χ3n) is 4.61. The molecule has 2 aromatic rings. The first-order valence-electron chi connectivity index (χ1n) is 8.96. The maximum Gasteiger partial charge on any atom is 0.337 e. The second kappa shape index (κ2) is 8.79. The summed E-state index contributed by atoms with van der Waals surface area (Å²) >= 11 is 0. The van der Waals surface area contributed by atoms with Gasteiger partial charge in [-0.05, 0) is 42.3 Å². The van der Waals surface area contributed by atoms with Gasteiger partial charge in [0.15, 0.2) is 0 Å². The molecule has 142 valence electrons. The maximum atomic E-state index is 12.7. The number of carbonyl (C=O) groups excluding carboxylic acids is 2. The number of benzene rings is 2. The molecule has 1 fully saturated rings. The van der Waals surface area contributed by atoms with Crippen LogP contribution in [0, 0.1) is 6.92 Å². The number of hydrogen-bond donors (Lipinski definition) is 1. The van der Waals surface area contributed by atoms with Gasteiger partial charge in [0, 0.05) is 30.9 Å². The SMILES string of the molecule is COC(=O)c1ccc(C)c(NC(=O)c2cccc(CN3CCOCC3)c2)c1. The summed E-state index contributed by atoms with van der Waals surface area (Å²) in [6, 6.07) is 12.7. The zero-order valence-corrected chi connectivity index (χ0v) is 15.7. The minimum absolute atomic E-state index is 0.205. The molecule has 0 atom stereocenters. The Morgan fingerprint density at radius 1 is 1.11 bits per heavy atom. The molecular formula is C21H24N2O4. The minimum Gasteiger partial charge on any atom is -0.465 e. The molecule has 6 heteroatoms. The van der Waals surface area contributed by atoms with Crippen LogP contribution in [0.3, 0.4) is 0 Å². The lowest BCUT2D eigenvalue weighted by molar-refractivity contribution is 0.0342. The van der Waals surface area contributed by atoms with E-state index >= 15 is 0 Å². The summed E-state index contributed by atoms with van der Waals surface area (Å²) in [5.74, 6) is -0.637. The summed E-state index contributed by atoms with van der Waals surface area (Å²) in [6.45, 7) is 5.96. The Morgan fingerprint density at radius 3 is 2.63 bits per heavy atom. The highest BCUT2D eigenvalue weighted by Gasteiger charge is 2.14. The average molecular weight is 368 g/mol. The average Bonchev–Trinajstić information content (AvgIpc) is 2.70. The Kier molecular flexibility index (Phi) is 6.21. The summed E-state index contributed by atoms with van der Waals surface area (Å²) in [5, 5.41) is 2.90. The topological polar surface area (TPSA) is 67.9 Å². The Balaban J connectivity index is 1.72. The summed E-state index contributed by atoms with van der Waals surface area (Å²) in [5.41, 5.74) is 3.55. The van der Waals surface area contributed by atoms with Crippen molar-refractivity contribution >= 4 is 17.6 Å². The Bertz CT molecular complexity index is 829. The highest BCUT2D eigenvalue weighted by molar-refractivity contribution is 6.05. The number of aryl methyl sites for hydroxylation is 1. The summed E-state index contributed by atoms with van der Waals surface area (Å²) in [4.78, 5) is 26.7. The smallest absolute Gasteiger partial charge is 0.337 e. The second-order valence-electron chi connectivity index (χ2n) is 6.56. The zero-order valence-electron chi connectivity index (χ0n) is 15.7. The first kappa shape index (κ1) is 19.1. The lowest BCUT2D eigenvalue weighted by Gasteiger charge is -2.26. The fraction of sp³-hybridized carbons (Fsp3) is 0.333. The van der Waals surface area contributed by atoms with Crippen LogP contribution in [0.1, 0.15) is 31.8 Å². The fourth-order valence-corrected chi connectivity index (χ4v) is 3.02. The van der Waals surface area contributed by atoms with Gasteiger partial charge in [-0.3, -0.25) is 9.69 Å². The first-order chi connectivity index (χ1) is 13.1. The van der Waals surface area contributed by atoms with Gasteiger partial charge in [0.05, 0.1) is 25.9 Å². The Labute approximate surface area is 159 Å². The fourth-order valence-electron chi connectivity index (χ4n) is 3.02. The van der Waals surface area contributed by atoms with Gasteiger partial charge in [0.2, 0.25) is 0 Å². The van der Waals surface area contributed by atoms with Crippen molar-refractivity contribution in [2.75, 3.05) is 38.7 Å². The molecule has 1 N–H and O–H groups in total. The molecule has 27 heavy (non-hydrogen) atoms. The van der Waals surface area contributed by atoms with Gasteiger partial charge in [-0.25, -0.2) is 4.79 Å². The largest absolute Gasteiger partial charge is 0.465 e. The van der Waals surface area contributed by atoms with E-state index in [2.05, 4.69) is 10.2 Å². The molecule has 1 aliphatic heterocycles. The van der Waals surface area contributed by atoms with E-state index in [1.807, 2.05) is 25.1 Å². The van der Waals surface area contributed by atoms with Crippen molar-refractivity contribution in [3.05, 3.63) is 64.7 Å². The lowest BCUT2D eigenvalue weighted by atomic mass is 10.1. The number of nitrogens with one attached hydrogen (secondary N) is 1. The van der Waals surface area contributed by atoms with Crippen LogP contribution in [0.25, 0.3) is 0 Å². The van der Waals surface area contributed by atoms with E-state index in [4.69, 9.17) is 9.47 Å². The van der Waals surface area contributed by atoms with Crippen LogP contribution in [0.15, 0.2) is 42.5 Å². The first-order valence-corrected chi connectivity index (χ1v) is 8.96. The van der Waals surface area contributed by atoms with Gasteiger partial charge in [0.25, 0.3) is 5.91 Å². The van der Waals surface area contributed by atoms with Gasteiger partial charge in [-0.15, -0.1) is 0 Å². The maximum absolute atomic E-state index is 12.7. The molecule has 1 aliphatic rings. The van der Waals surface area contributed by atoms with E-state index in [0.29, 0.717) is 16.8 Å². The molecule has 0 radical (unpaired) electrons. The van der Waals surface area contributed by atoms with Crippen molar-refractivity contribution in [1.82, 2.24) is 4.90 Å². The van der Waals surface area contributed by atoms with Crippen molar-refractivity contribution in [3.8, 4) is 0 Å². The zero-order chi connectivity index (χ0) is 19.2. The van der Waals surface area contributed by atoms with Crippen molar-refractivity contribution in [3.63, 3.8) is 0 Å². The number of ether oxygens (including phenoxy) is 2.